The SMILES string of the molecule is CCOC(=O)Cc1csc(NC(=O)C[NH+]2CC[NH+](Cc3ccccc3)CC2)n1. The van der Waals surface area contributed by atoms with Crippen LogP contribution in [-0.2, 0) is 27.3 Å². The van der Waals surface area contributed by atoms with Gasteiger partial charge in [-0.3, -0.25) is 14.9 Å². The molecule has 0 aliphatic carbocycles. The van der Waals surface area contributed by atoms with E-state index in [0.29, 0.717) is 24.0 Å². The molecule has 0 atom stereocenters. The largest absolute Gasteiger partial charge is 0.466 e. The van der Waals surface area contributed by atoms with Crippen LogP contribution in [-0.4, -0.2) is 56.2 Å². The summed E-state index contributed by atoms with van der Waals surface area (Å²) >= 11 is 1.34. The Labute approximate surface area is 169 Å². The van der Waals surface area contributed by atoms with E-state index < -0.39 is 0 Å². The van der Waals surface area contributed by atoms with E-state index in [-0.39, 0.29) is 18.3 Å². The lowest BCUT2D eigenvalue weighted by Gasteiger charge is -2.29. The summed E-state index contributed by atoms with van der Waals surface area (Å²) < 4.78 is 4.92. The van der Waals surface area contributed by atoms with Crippen LogP contribution >= 0.6 is 11.3 Å². The van der Waals surface area contributed by atoms with E-state index in [1.807, 2.05) is 6.07 Å². The highest BCUT2D eigenvalue weighted by Gasteiger charge is 2.25. The Hall–Kier alpha value is -2.29. The Kier molecular flexibility index (Phi) is 7.53. The van der Waals surface area contributed by atoms with Crippen LogP contribution in [0.1, 0.15) is 18.2 Å². The average molecular weight is 405 g/mol. The van der Waals surface area contributed by atoms with Crippen LogP contribution in [0.5, 0.6) is 0 Å². The fraction of sp³-hybridized carbons (Fsp3) is 0.450. The summed E-state index contributed by atoms with van der Waals surface area (Å²) in [4.78, 5) is 31.0. The van der Waals surface area contributed by atoms with Crippen molar-refractivity contribution in [2.45, 2.75) is 19.9 Å². The normalized spacial score (nSPS) is 19.2. The molecule has 2 heterocycles. The summed E-state index contributed by atoms with van der Waals surface area (Å²) in [6.45, 7) is 7.74. The van der Waals surface area contributed by atoms with Gasteiger partial charge in [-0.2, -0.15) is 0 Å². The van der Waals surface area contributed by atoms with Crippen LogP contribution in [0, 0.1) is 0 Å². The summed E-state index contributed by atoms with van der Waals surface area (Å²) in [6.07, 6.45) is 0.137. The van der Waals surface area contributed by atoms with Gasteiger partial charge in [0.1, 0.15) is 32.7 Å². The molecule has 0 bridgehead atoms. The third-order valence-electron chi connectivity index (χ3n) is 4.80. The van der Waals surface area contributed by atoms with Crippen LogP contribution in [0.25, 0.3) is 0 Å². The Balaban J connectivity index is 1.39. The molecule has 0 radical (unpaired) electrons. The molecule has 1 aliphatic rings. The molecule has 7 nitrogen and oxygen atoms in total. The molecule has 150 valence electrons. The first-order chi connectivity index (χ1) is 13.6. The van der Waals surface area contributed by atoms with Crippen LogP contribution in [0.2, 0.25) is 0 Å². The van der Waals surface area contributed by atoms with Gasteiger partial charge in [0.15, 0.2) is 11.7 Å². The van der Waals surface area contributed by atoms with Gasteiger partial charge in [-0.05, 0) is 6.92 Å². The van der Waals surface area contributed by atoms with Crippen molar-refractivity contribution < 1.29 is 24.1 Å². The second-order valence-corrected chi connectivity index (χ2v) is 7.87. The summed E-state index contributed by atoms with van der Waals surface area (Å²) in [5.41, 5.74) is 1.99. The summed E-state index contributed by atoms with van der Waals surface area (Å²) in [7, 11) is 0. The van der Waals surface area contributed by atoms with Gasteiger partial charge in [-0.25, -0.2) is 4.98 Å². The van der Waals surface area contributed by atoms with Crippen LogP contribution in [0.15, 0.2) is 35.7 Å². The molecule has 1 aliphatic heterocycles. The first-order valence-corrected chi connectivity index (χ1v) is 10.6. The van der Waals surface area contributed by atoms with Crippen molar-refractivity contribution >= 4 is 28.3 Å². The number of aromatic nitrogens is 1. The minimum absolute atomic E-state index is 0.0291. The number of ether oxygens (including phenoxy) is 1. The second kappa shape index (κ2) is 10.3. The number of quaternary nitrogens is 2. The molecule has 0 unspecified atom stereocenters. The van der Waals surface area contributed by atoms with Crippen molar-refractivity contribution in [3.63, 3.8) is 0 Å². The predicted octanol–water partition coefficient (Wildman–Crippen LogP) is -0.829. The molecule has 3 N–H and O–H groups in total. The highest BCUT2D eigenvalue weighted by atomic mass is 32.1. The lowest BCUT2D eigenvalue weighted by atomic mass is 10.2. The Bertz CT molecular complexity index is 773. The molecule has 0 spiro atoms. The van der Waals surface area contributed by atoms with Crippen molar-refractivity contribution in [3.05, 3.63) is 47.0 Å². The van der Waals surface area contributed by atoms with Crippen molar-refractivity contribution in [3.8, 4) is 0 Å². The Morgan fingerprint density at radius 2 is 1.86 bits per heavy atom. The van der Waals surface area contributed by atoms with E-state index in [0.717, 1.165) is 32.7 Å². The molecule has 1 saturated heterocycles. The summed E-state index contributed by atoms with van der Waals surface area (Å²) in [5, 5.41) is 5.18. The highest BCUT2D eigenvalue weighted by Crippen LogP contribution is 2.15. The van der Waals surface area contributed by atoms with Gasteiger partial charge in [0, 0.05) is 10.9 Å². The zero-order chi connectivity index (χ0) is 19.8. The zero-order valence-corrected chi connectivity index (χ0v) is 17.0. The van der Waals surface area contributed by atoms with E-state index in [1.165, 1.54) is 21.8 Å². The lowest BCUT2D eigenvalue weighted by molar-refractivity contribution is -1.02. The standard InChI is InChI=1S/C20H26N4O3S/c1-2-27-19(26)12-17-15-28-20(21-17)22-18(25)14-24-10-8-23(9-11-24)13-16-6-4-3-5-7-16/h3-7,15H,2,8-14H2,1H3,(H,21,22,25)/p+2. The number of esters is 1. The third-order valence-corrected chi connectivity index (χ3v) is 5.61. The van der Waals surface area contributed by atoms with E-state index in [9.17, 15) is 9.59 Å². The van der Waals surface area contributed by atoms with Crippen molar-refractivity contribution in [2.75, 3.05) is 44.6 Å². The molecule has 0 saturated carbocycles. The average Bonchev–Trinajstić information content (AvgIpc) is 3.11. The van der Waals surface area contributed by atoms with Gasteiger partial charge in [0.25, 0.3) is 5.91 Å². The smallest absolute Gasteiger partial charge is 0.311 e. The van der Waals surface area contributed by atoms with Crippen molar-refractivity contribution in [1.82, 2.24) is 4.98 Å². The number of thiazole rings is 1. The van der Waals surface area contributed by atoms with E-state index in [4.69, 9.17) is 4.74 Å². The van der Waals surface area contributed by atoms with Gasteiger partial charge in [0.05, 0.1) is 18.7 Å². The fourth-order valence-corrected chi connectivity index (χ4v) is 4.12. The number of carbonyl (C=O) groups excluding carboxylic acids is 2. The van der Waals surface area contributed by atoms with Gasteiger partial charge < -0.3 is 14.5 Å². The first-order valence-electron chi connectivity index (χ1n) is 9.73. The summed E-state index contributed by atoms with van der Waals surface area (Å²) in [5.74, 6) is -0.329. The molecule has 1 aromatic carbocycles. The Morgan fingerprint density at radius 3 is 2.57 bits per heavy atom. The number of nitrogens with zero attached hydrogens (tertiary/aromatic N) is 1. The number of nitrogens with one attached hydrogen (secondary N) is 3. The minimum Gasteiger partial charge on any atom is -0.466 e. The predicted molar refractivity (Wildman–Crippen MR) is 107 cm³/mol. The molecule has 1 aromatic heterocycles. The van der Waals surface area contributed by atoms with Crippen LogP contribution < -0.4 is 15.1 Å². The number of anilines is 1. The maximum atomic E-state index is 12.3. The topological polar surface area (TPSA) is 77.2 Å². The number of hydrogen-bond donors (Lipinski definition) is 3. The molecule has 8 heteroatoms. The molecular formula is C20H28N4O3S+2. The fourth-order valence-electron chi connectivity index (χ4n) is 3.39. The monoisotopic (exact) mass is 404 g/mol. The second-order valence-electron chi connectivity index (χ2n) is 7.01. The quantitative estimate of drug-likeness (QED) is 0.502. The molecule has 1 amide bonds. The Morgan fingerprint density at radius 1 is 1.14 bits per heavy atom. The zero-order valence-electron chi connectivity index (χ0n) is 16.2. The molecule has 2 aromatic rings. The third kappa shape index (κ3) is 6.40. The minimum atomic E-state index is -0.300. The van der Waals surface area contributed by atoms with Gasteiger partial charge in [-0.1, -0.05) is 30.3 Å². The maximum absolute atomic E-state index is 12.3. The highest BCUT2D eigenvalue weighted by molar-refractivity contribution is 7.13. The van der Waals surface area contributed by atoms with Gasteiger partial charge >= 0.3 is 5.97 Å². The number of rotatable bonds is 8. The van der Waals surface area contributed by atoms with Gasteiger partial charge in [0.2, 0.25) is 0 Å². The number of carbonyl (C=O) groups is 2. The van der Waals surface area contributed by atoms with E-state index in [2.05, 4.69) is 34.6 Å². The van der Waals surface area contributed by atoms with E-state index >= 15 is 0 Å². The van der Waals surface area contributed by atoms with Crippen LogP contribution in [0.3, 0.4) is 0 Å². The summed E-state index contributed by atoms with van der Waals surface area (Å²) in [6, 6.07) is 10.5. The number of amides is 1. The van der Waals surface area contributed by atoms with E-state index in [1.54, 1.807) is 17.2 Å². The number of hydrogen-bond acceptors (Lipinski definition) is 5. The molecule has 3 rings (SSSR count). The van der Waals surface area contributed by atoms with Crippen LogP contribution in [0.4, 0.5) is 5.13 Å². The molecular weight excluding hydrogens is 376 g/mol. The first kappa shape index (κ1) is 20.4. The molecule has 28 heavy (non-hydrogen) atoms. The van der Waals surface area contributed by atoms with Crippen molar-refractivity contribution in [2.24, 2.45) is 0 Å². The lowest BCUT2D eigenvalue weighted by Crippen LogP contribution is -3.28. The van der Waals surface area contributed by atoms with Crippen molar-refractivity contribution in [1.29, 1.82) is 0 Å². The number of piperazine rings is 1. The maximum Gasteiger partial charge on any atom is 0.311 e. The van der Waals surface area contributed by atoms with Gasteiger partial charge in [-0.15, -0.1) is 11.3 Å². The molecule has 1 fully saturated rings. The number of benzene rings is 1.